The maximum absolute atomic E-state index is 12.5. The van der Waals surface area contributed by atoms with Crippen molar-refractivity contribution in [3.05, 3.63) is 65.1 Å². The number of aromatic nitrogens is 6. The number of aryl methyl sites for hydroxylation is 1. The molecule has 1 aliphatic heterocycles. The van der Waals surface area contributed by atoms with Crippen LogP contribution in [0.2, 0.25) is 0 Å². The van der Waals surface area contributed by atoms with Gasteiger partial charge in [-0.3, -0.25) is 9.36 Å². The van der Waals surface area contributed by atoms with Crippen molar-refractivity contribution in [2.75, 3.05) is 18.0 Å². The molecule has 0 amide bonds. The van der Waals surface area contributed by atoms with Gasteiger partial charge < -0.3 is 14.0 Å². The van der Waals surface area contributed by atoms with Crippen LogP contribution in [0.25, 0.3) is 11.2 Å². The lowest BCUT2D eigenvalue weighted by atomic mass is 10.2. The smallest absolute Gasteiger partial charge is 0.371 e. The predicted molar refractivity (Wildman–Crippen MR) is 111 cm³/mol. The van der Waals surface area contributed by atoms with Crippen molar-refractivity contribution in [1.82, 2.24) is 29.2 Å². The first-order valence-electron chi connectivity index (χ1n) is 10.3. The van der Waals surface area contributed by atoms with E-state index < -0.39 is 11.7 Å². The Morgan fingerprint density at radius 3 is 2.58 bits per heavy atom. The standard InChI is InChI=1S/C12H12F3N.C9H8N6O2/c13-12(14,15)10-2-1-3-11(5-10)16-6-8-4-9(8)7-16;1-14-4-11-8-7(14)9(16)15(5-12-8)2-6-10-3-13-17-6/h1-3,5,8-9H,4,6-7H2;3-5H,2H2,1H3/t8-,9+;. The number of nitrogens with zero attached hydrogens (tertiary/aromatic N) is 7. The molecule has 1 aliphatic carbocycles. The number of hydrogen-bond acceptors (Lipinski definition) is 7. The molecule has 33 heavy (non-hydrogen) atoms. The van der Waals surface area contributed by atoms with E-state index >= 15 is 0 Å². The monoisotopic (exact) mass is 459 g/mol. The van der Waals surface area contributed by atoms with Gasteiger partial charge in [0.1, 0.15) is 12.9 Å². The van der Waals surface area contributed by atoms with Crippen LogP contribution in [0.15, 0.2) is 52.6 Å². The molecule has 0 radical (unpaired) electrons. The first kappa shape index (κ1) is 21.2. The Kier molecular flexibility index (Phi) is 5.14. The fourth-order valence-corrected chi connectivity index (χ4v) is 4.08. The number of imidazole rings is 1. The molecule has 0 unspecified atom stereocenters. The molecule has 172 valence electrons. The van der Waals surface area contributed by atoms with Gasteiger partial charge in [0.25, 0.3) is 5.56 Å². The minimum atomic E-state index is -4.24. The van der Waals surface area contributed by atoms with Crippen LogP contribution >= 0.6 is 0 Å². The highest BCUT2D eigenvalue weighted by molar-refractivity contribution is 5.68. The van der Waals surface area contributed by atoms with E-state index in [-0.39, 0.29) is 12.1 Å². The summed E-state index contributed by atoms with van der Waals surface area (Å²) in [4.78, 5) is 26.1. The van der Waals surface area contributed by atoms with E-state index in [0.29, 0.717) is 22.7 Å². The third-order valence-corrected chi connectivity index (χ3v) is 5.93. The van der Waals surface area contributed by atoms with Crippen LogP contribution in [0.3, 0.4) is 0 Å². The largest absolute Gasteiger partial charge is 0.416 e. The van der Waals surface area contributed by atoms with Gasteiger partial charge in [-0.1, -0.05) is 11.2 Å². The minimum Gasteiger partial charge on any atom is -0.371 e. The number of anilines is 1. The second kappa shape index (κ2) is 8.01. The summed E-state index contributed by atoms with van der Waals surface area (Å²) < 4.78 is 45.4. The second-order valence-corrected chi connectivity index (χ2v) is 8.25. The number of piperidine rings is 1. The minimum absolute atomic E-state index is 0.187. The molecule has 0 bridgehead atoms. The Balaban J connectivity index is 0.000000139. The average Bonchev–Trinajstić information content (AvgIpc) is 3.18. The highest BCUT2D eigenvalue weighted by Gasteiger charge is 2.45. The van der Waals surface area contributed by atoms with Crippen molar-refractivity contribution >= 4 is 16.9 Å². The molecule has 3 aromatic heterocycles. The van der Waals surface area contributed by atoms with Crippen LogP contribution in [0, 0.1) is 11.8 Å². The van der Waals surface area contributed by atoms with Gasteiger partial charge in [-0.05, 0) is 36.5 Å². The van der Waals surface area contributed by atoms with E-state index in [0.717, 1.165) is 31.0 Å². The zero-order valence-electron chi connectivity index (χ0n) is 17.6. The first-order valence-corrected chi connectivity index (χ1v) is 10.3. The van der Waals surface area contributed by atoms with Gasteiger partial charge in [-0.25, -0.2) is 9.97 Å². The summed E-state index contributed by atoms with van der Waals surface area (Å²) in [7, 11) is 1.75. The van der Waals surface area contributed by atoms with Gasteiger partial charge in [-0.15, -0.1) is 0 Å². The Labute approximate surface area is 185 Å². The molecular formula is C21H20F3N7O2. The number of benzene rings is 1. The van der Waals surface area contributed by atoms with E-state index in [2.05, 4.69) is 25.0 Å². The number of rotatable bonds is 3. The number of hydrogen-bond donors (Lipinski definition) is 0. The van der Waals surface area contributed by atoms with Gasteiger partial charge in [0.15, 0.2) is 17.5 Å². The molecule has 0 N–H and O–H groups in total. The van der Waals surface area contributed by atoms with E-state index in [1.165, 1.54) is 35.8 Å². The third-order valence-electron chi connectivity index (χ3n) is 5.93. The van der Waals surface area contributed by atoms with Gasteiger partial charge >= 0.3 is 6.18 Å². The van der Waals surface area contributed by atoms with Crippen LogP contribution in [-0.4, -0.2) is 42.3 Å². The van der Waals surface area contributed by atoms with Crippen LogP contribution in [0.4, 0.5) is 18.9 Å². The number of halogens is 3. The normalized spacial score (nSPS) is 19.3. The topological polar surface area (TPSA) is 94.9 Å². The lowest BCUT2D eigenvalue weighted by molar-refractivity contribution is -0.137. The Morgan fingerprint density at radius 1 is 1.12 bits per heavy atom. The lowest BCUT2D eigenvalue weighted by Crippen LogP contribution is -2.22. The van der Waals surface area contributed by atoms with Gasteiger partial charge in [0, 0.05) is 25.8 Å². The summed E-state index contributed by atoms with van der Waals surface area (Å²) in [5.74, 6) is 1.82. The van der Waals surface area contributed by atoms with Crippen molar-refractivity contribution in [1.29, 1.82) is 0 Å². The summed E-state index contributed by atoms with van der Waals surface area (Å²) in [6.07, 6.45) is 1.28. The van der Waals surface area contributed by atoms with E-state index in [9.17, 15) is 18.0 Å². The molecule has 2 atom stereocenters. The summed E-state index contributed by atoms with van der Waals surface area (Å²) in [5, 5.41) is 3.48. The first-order chi connectivity index (χ1) is 15.8. The van der Waals surface area contributed by atoms with Crippen LogP contribution in [0.1, 0.15) is 17.9 Å². The third kappa shape index (κ3) is 4.32. The van der Waals surface area contributed by atoms with Gasteiger partial charge in [0.05, 0.1) is 11.9 Å². The van der Waals surface area contributed by atoms with E-state index in [1.54, 1.807) is 24.0 Å². The predicted octanol–water partition coefficient (Wildman–Crippen LogP) is 2.72. The molecule has 1 aromatic carbocycles. The van der Waals surface area contributed by atoms with Crippen molar-refractivity contribution in [2.45, 2.75) is 19.1 Å². The molecule has 2 fully saturated rings. The van der Waals surface area contributed by atoms with Crippen molar-refractivity contribution in [3.8, 4) is 0 Å². The number of fused-ring (bicyclic) bond motifs is 2. The van der Waals surface area contributed by atoms with Crippen LogP contribution in [-0.2, 0) is 19.8 Å². The lowest BCUT2D eigenvalue weighted by Gasteiger charge is -2.21. The molecule has 12 heteroatoms. The maximum atomic E-state index is 12.5. The zero-order valence-corrected chi connectivity index (χ0v) is 17.6. The molecular weight excluding hydrogens is 439 g/mol. The summed E-state index contributed by atoms with van der Waals surface area (Å²) in [5.41, 5.74) is 0.854. The molecule has 1 saturated heterocycles. The van der Waals surface area contributed by atoms with Crippen molar-refractivity contribution in [3.63, 3.8) is 0 Å². The fraction of sp³-hybridized carbons (Fsp3) is 0.381. The maximum Gasteiger partial charge on any atom is 0.416 e. The molecule has 4 heterocycles. The zero-order chi connectivity index (χ0) is 23.2. The highest BCUT2D eigenvalue weighted by atomic mass is 19.4. The Hall–Kier alpha value is -3.70. The molecule has 9 nitrogen and oxygen atoms in total. The van der Waals surface area contributed by atoms with Crippen LogP contribution < -0.4 is 10.5 Å². The molecule has 1 saturated carbocycles. The van der Waals surface area contributed by atoms with E-state index in [1.807, 2.05) is 0 Å². The summed E-state index contributed by atoms with van der Waals surface area (Å²) in [6, 6.07) is 5.63. The van der Waals surface area contributed by atoms with Crippen LogP contribution in [0.5, 0.6) is 0 Å². The SMILES string of the molecule is Cn1cnc2ncn(Cc3ncno3)c(=O)c21.FC(F)(F)c1cccc(N2C[C@H]3C[C@H]3C2)c1. The van der Waals surface area contributed by atoms with Crippen molar-refractivity contribution in [2.24, 2.45) is 18.9 Å². The average molecular weight is 459 g/mol. The molecule has 4 aromatic rings. The Morgan fingerprint density at radius 2 is 1.88 bits per heavy atom. The quantitative estimate of drug-likeness (QED) is 0.465. The fourth-order valence-electron chi connectivity index (χ4n) is 4.08. The summed E-state index contributed by atoms with van der Waals surface area (Å²) in [6.45, 7) is 2.05. The molecule has 2 aliphatic rings. The van der Waals surface area contributed by atoms with Gasteiger partial charge in [0.2, 0.25) is 5.89 Å². The summed E-state index contributed by atoms with van der Waals surface area (Å²) >= 11 is 0. The van der Waals surface area contributed by atoms with Gasteiger partial charge in [-0.2, -0.15) is 18.2 Å². The molecule has 6 rings (SSSR count). The second-order valence-electron chi connectivity index (χ2n) is 8.25. The Bertz CT molecular complexity index is 1320. The molecule has 0 spiro atoms. The highest BCUT2D eigenvalue weighted by Crippen LogP contribution is 2.46. The van der Waals surface area contributed by atoms with E-state index in [4.69, 9.17) is 4.52 Å². The number of alkyl halides is 3. The van der Waals surface area contributed by atoms with Crippen molar-refractivity contribution < 1.29 is 17.7 Å².